The van der Waals surface area contributed by atoms with Crippen molar-refractivity contribution >= 4 is 26.3 Å². The molecular formula is C20H34N7O5P. The fourth-order valence-electron chi connectivity index (χ4n) is 3.90. The van der Waals surface area contributed by atoms with Gasteiger partial charge in [-0.05, 0) is 34.1 Å². The molecule has 1 saturated heterocycles. The molecule has 1 aliphatic heterocycles. The summed E-state index contributed by atoms with van der Waals surface area (Å²) in [4.78, 5) is 8.26. The van der Waals surface area contributed by atoms with Crippen LogP contribution in [0.1, 0.15) is 52.7 Å². The standard InChI is InChI=1S/C20H34N7O5P/c1-7-8-25-32-33(27(12(2)3)13(4)5)31-17-15(10-28)30-16(18(17)29-6)14-9-24-26-19(14)22-11-23-20(26)21/h8-9,11-13,15-18,28H,7,10H2,1-6H3,(H2,21,22,23)/b25-8+. The van der Waals surface area contributed by atoms with Crippen molar-refractivity contribution in [2.75, 3.05) is 19.5 Å². The molecule has 0 bridgehead atoms. The van der Waals surface area contributed by atoms with E-state index < -0.39 is 32.9 Å². The van der Waals surface area contributed by atoms with Crippen molar-refractivity contribution in [3.8, 4) is 0 Å². The molecule has 0 aromatic carbocycles. The highest BCUT2D eigenvalue weighted by molar-refractivity contribution is 7.44. The predicted octanol–water partition coefficient (Wildman–Crippen LogP) is 2.30. The van der Waals surface area contributed by atoms with Crippen LogP contribution in [0.3, 0.4) is 0 Å². The Bertz CT molecular complexity index is 919. The van der Waals surface area contributed by atoms with Crippen LogP contribution in [0.5, 0.6) is 0 Å². The Balaban J connectivity index is 1.93. The first-order chi connectivity index (χ1) is 15.8. The quantitative estimate of drug-likeness (QED) is 0.278. The molecule has 1 aliphatic rings. The van der Waals surface area contributed by atoms with Gasteiger partial charge in [-0.25, -0.2) is 14.6 Å². The molecule has 0 saturated carbocycles. The average molecular weight is 484 g/mol. The first kappa shape index (κ1) is 25.7. The molecule has 0 radical (unpaired) electrons. The lowest BCUT2D eigenvalue weighted by molar-refractivity contribution is -0.0219. The van der Waals surface area contributed by atoms with Crippen LogP contribution >= 0.6 is 8.53 Å². The lowest BCUT2D eigenvalue weighted by Crippen LogP contribution is -2.40. The molecule has 33 heavy (non-hydrogen) atoms. The number of anilines is 1. The Morgan fingerprint density at radius 2 is 2.03 bits per heavy atom. The number of aromatic nitrogens is 4. The number of nitrogen functional groups attached to an aromatic ring is 1. The summed E-state index contributed by atoms with van der Waals surface area (Å²) in [6.45, 7) is 9.99. The summed E-state index contributed by atoms with van der Waals surface area (Å²) in [5.74, 6) is 0.208. The van der Waals surface area contributed by atoms with Crippen molar-refractivity contribution in [1.29, 1.82) is 0 Å². The van der Waals surface area contributed by atoms with Gasteiger partial charge >= 0.3 is 8.53 Å². The molecule has 2 aromatic heterocycles. The van der Waals surface area contributed by atoms with E-state index in [-0.39, 0.29) is 24.6 Å². The maximum absolute atomic E-state index is 10.1. The summed E-state index contributed by atoms with van der Waals surface area (Å²) in [7, 11) is -0.0321. The zero-order chi connectivity index (χ0) is 24.1. The molecule has 5 unspecified atom stereocenters. The molecule has 0 amide bonds. The van der Waals surface area contributed by atoms with Gasteiger partial charge in [-0.3, -0.25) is 0 Å². The minimum atomic E-state index is -1.61. The van der Waals surface area contributed by atoms with Gasteiger partial charge in [0, 0.05) is 31.0 Å². The van der Waals surface area contributed by atoms with E-state index in [1.165, 1.54) is 10.8 Å². The summed E-state index contributed by atoms with van der Waals surface area (Å²) in [5, 5.41) is 18.5. The van der Waals surface area contributed by atoms with Gasteiger partial charge in [-0.15, -0.1) is 0 Å². The third kappa shape index (κ3) is 5.42. The number of aliphatic hydroxyl groups is 1. The number of methoxy groups -OCH3 is 1. The zero-order valence-corrected chi connectivity index (χ0v) is 20.8. The molecule has 12 nitrogen and oxygen atoms in total. The monoisotopic (exact) mass is 483 g/mol. The highest BCUT2D eigenvalue weighted by Crippen LogP contribution is 2.51. The molecule has 13 heteroatoms. The van der Waals surface area contributed by atoms with Crippen molar-refractivity contribution in [2.24, 2.45) is 5.16 Å². The topological polar surface area (TPSA) is 142 Å². The number of nitrogens with two attached hydrogens (primary N) is 1. The summed E-state index contributed by atoms with van der Waals surface area (Å²) in [6, 6.07) is 0.276. The van der Waals surface area contributed by atoms with Crippen LogP contribution < -0.4 is 5.73 Å². The fraction of sp³-hybridized carbons (Fsp3) is 0.700. The smallest absolute Gasteiger partial charge is 0.347 e. The number of hydrogen-bond acceptors (Lipinski definition) is 11. The van der Waals surface area contributed by atoms with E-state index in [2.05, 4.69) is 52.6 Å². The number of aliphatic hydroxyl groups excluding tert-OH is 1. The number of rotatable bonds is 11. The van der Waals surface area contributed by atoms with Gasteiger partial charge in [0.2, 0.25) is 5.95 Å². The Morgan fingerprint density at radius 1 is 1.30 bits per heavy atom. The first-order valence-electron chi connectivity index (χ1n) is 11.0. The Kier molecular flexibility index (Phi) is 8.91. The Hall–Kier alpha value is -1.95. The van der Waals surface area contributed by atoms with Gasteiger partial charge in [0.05, 0.1) is 12.8 Å². The minimum Gasteiger partial charge on any atom is -0.394 e. The molecule has 3 N–H and O–H groups in total. The predicted molar refractivity (Wildman–Crippen MR) is 124 cm³/mol. The summed E-state index contributed by atoms with van der Waals surface area (Å²) in [5.41, 5.74) is 7.08. The van der Waals surface area contributed by atoms with Gasteiger partial charge < -0.3 is 29.5 Å². The summed E-state index contributed by atoms with van der Waals surface area (Å²) >= 11 is 0. The van der Waals surface area contributed by atoms with E-state index in [0.29, 0.717) is 11.2 Å². The van der Waals surface area contributed by atoms with Crippen LogP contribution in [0, 0.1) is 0 Å². The fourth-order valence-corrected chi connectivity index (χ4v) is 5.50. The molecular weight excluding hydrogens is 449 g/mol. The van der Waals surface area contributed by atoms with Gasteiger partial charge in [-0.1, -0.05) is 12.1 Å². The van der Waals surface area contributed by atoms with Gasteiger partial charge in [0.25, 0.3) is 0 Å². The van der Waals surface area contributed by atoms with Gasteiger partial charge in [0.15, 0.2) is 5.65 Å². The highest BCUT2D eigenvalue weighted by Gasteiger charge is 2.50. The number of oxime groups is 1. The van der Waals surface area contributed by atoms with E-state index in [9.17, 15) is 5.11 Å². The molecule has 5 atom stereocenters. The maximum Gasteiger partial charge on any atom is 0.347 e. The number of ether oxygens (including phenoxy) is 2. The van der Waals surface area contributed by atoms with Crippen LogP contribution in [0.2, 0.25) is 0 Å². The minimum absolute atomic E-state index is 0.138. The van der Waals surface area contributed by atoms with Crippen LogP contribution in [0.4, 0.5) is 5.95 Å². The second-order valence-electron chi connectivity index (χ2n) is 8.20. The average Bonchev–Trinajstić information content (AvgIpc) is 3.35. The van der Waals surface area contributed by atoms with E-state index >= 15 is 0 Å². The van der Waals surface area contributed by atoms with E-state index in [0.717, 1.165) is 6.42 Å². The normalized spacial score (nSPS) is 24.7. The third-order valence-corrected chi connectivity index (χ3v) is 7.22. The van der Waals surface area contributed by atoms with Crippen LogP contribution in [-0.2, 0) is 18.6 Å². The largest absolute Gasteiger partial charge is 0.394 e. The lowest BCUT2D eigenvalue weighted by Gasteiger charge is -2.36. The molecule has 0 spiro atoms. The van der Waals surface area contributed by atoms with E-state index in [1.807, 2.05) is 6.92 Å². The maximum atomic E-state index is 10.1. The lowest BCUT2D eigenvalue weighted by atomic mass is 10.0. The summed E-state index contributed by atoms with van der Waals surface area (Å²) < 4.78 is 27.8. The first-order valence-corrected chi connectivity index (χ1v) is 12.1. The van der Waals surface area contributed by atoms with Crippen molar-refractivity contribution in [3.63, 3.8) is 0 Å². The van der Waals surface area contributed by atoms with Crippen molar-refractivity contribution in [2.45, 2.75) is 77.5 Å². The molecule has 0 aliphatic carbocycles. The van der Waals surface area contributed by atoms with Gasteiger partial charge in [0.1, 0.15) is 30.7 Å². The van der Waals surface area contributed by atoms with Crippen molar-refractivity contribution in [1.82, 2.24) is 24.3 Å². The number of hydrogen-bond donors (Lipinski definition) is 2. The van der Waals surface area contributed by atoms with Crippen molar-refractivity contribution < 1.29 is 23.7 Å². The highest BCUT2D eigenvalue weighted by atomic mass is 31.2. The zero-order valence-electron chi connectivity index (χ0n) is 19.9. The third-order valence-electron chi connectivity index (χ3n) is 5.26. The summed E-state index contributed by atoms with van der Waals surface area (Å²) in [6.07, 6.45) is 2.98. The van der Waals surface area contributed by atoms with Crippen LogP contribution in [0.25, 0.3) is 5.65 Å². The van der Waals surface area contributed by atoms with Crippen LogP contribution in [-0.4, -0.2) is 79.7 Å². The van der Waals surface area contributed by atoms with Crippen LogP contribution in [0.15, 0.2) is 17.7 Å². The second-order valence-corrected chi connectivity index (χ2v) is 9.51. The Labute approximate surface area is 195 Å². The molecule has 2 aromatic rings. The molecule has 3 rings (SSSR count). The molecule has 3 heterocycles. The Morgan fingerprint density at radius 3 is 2.64 bits per heavy atom. The van der Waals surface area contributed by atoms with Crippen molar-refractivity contribution in [3.05, 3.63) is 18.1 Å². The molecule has 1 fully saturated rings. The van der Waals surface area contributed by atoms with E-state index in [1.54, 1.807) is 19.5 Å². The second kappa shape index (κ2) is 11.5. The SMILES string of the molecule is CC/C=N/OP(OC1C(CO)OC(c2cnn3c(N)ncnc23)C1OC)N(C(C)C)C(C)C. The number of nitrogens with zero attached hydrogens (tertiary/aromatic N) is 6. The van der Waals surface area contributed by atoms with Gasteiger partial charge in [-0.2, -0.15) is 9.61 Å². The van der Waals surface area contributed by atoms with E-state index in [4.69, 9.17) is 24.4 Å². The number of fused-ring (bicyclic) bond motifs is 1. The molecule has 184 valence electrons.